The predicted molar refractivity (Wildman–Crippen MR) is 72.8 cm³/mol. The summed E-state index contributed by atoms with van der Waals surface area (Å²) in [6.45, 7) is 2.25. The molecule has 0 spiro atoms. The van der Waals surface area contributed by atoms with Crippen LogP contribution in [0.15, 0.2) is 22.9 Å². The fraction of sp³-hybridized carbons (Fsp3) is 0.643. The number of aliphatic hydroxyl groups is 1. The Kier molecular flexibility index (Phi) is 4.57. The van der Waals surface area contributed by atoms with Crippen LogP contribution in [-0.2, 0) is 6.42 Å². The van der Waals surface area contributed by atoms with Crippen LogP contribution in [0.2, 0.25) is 0 Å². The molecule has 2 nitrogen and oxygen atoms in total. The molecule has 3 atom stereocenters. The van der Waals surface area contributed by atoms with Gasteiger partial charge in [0.2, 0.25) is 0 Å². The summed E-state index contributed by atoms with van der Waals surface area (Å²) >= 11 is 3.41. The van der Waals surface area contributed by atoms with Gasteiger partial charge in [-0.1, -0.05) is 19.8 Å². The van der Waals surface area contributed by atoms with Gasteiger partial charge in [-0.3, -0.25) is 4.98 Å². The van der Waals surface area contributed by atoms with Crippen molar-refractivity contribution in [1.29, 1.82) is 0 Å². The monoisotopic (exact) mass is 297 g/mol. The van der Waals surface area contributed by atoms with E-state index in [1.807, 2.05) is 12.3 Å². The Morgan fingerprint density at radius 1 is 1.47 bits per heavy atom. The molecule has 0 radical (unpaired) electrons. The summed E-state index contributed by atoms with van der Waals surface area (Å²) in [7, 11) is 0. The number of pyridine rings is 1. The molecule has 1 N–H and O–H groups in total. The lowest BCUT2D eigenvalue weighted by Gasteiger charge is -2.18. The summed E-state index contributed by atoms with van der Waals surface area (Å²) in [6, 6.07) is 2.04. The van der Waals surface area contributed by atoms with Crippen LogP contribution < -0.4 is 0 Å². The molecule has 1 aromatic rings. The highest BCUT2D eigenvalue weighted by molar-refractivity contribution is 9.10. The van der Waals surface area contributed by atoms with Crippen LogP contribution in [0.4, 0.5) is 0 Å². The van der Waals surface area contributed by atoms with Gasteiger partial charge < -0.3 is 5.11 Å². The Hall–Kier alpha value is -0.410. The molecule has 1 fully saturated rings. The highest BCUT2D eigenvalue weighted by Crippen LogP contribution is 2.35. The van der Waals surface area contributed by atoms with Gasteiger partial charge >= 0.3 is 0 Å². The molecule has 2 rings (SSSR count). The normalized spacial score (nSPS) is 26.1. The highest BCUT2D eigenvalue weighted by Gasteiger charge is 2.28. The smallest absolute Gasteiger partial charge is 0.0609 e. The summed E-state index contributed by atoms with van der Waals surface area (Å²) in [6.07, 6.45) is 9.06. The number of aromatic nitrogens is 1. The topological polar surface area (TPSA) is 33.1 Å². The van der Waals surface area contributed by atoms with Gasteiger partial charge in [0, 0.05) is 23.3 Å². The Morgan fingerprint density at radius 2 is 2.29 bits per heavy atom. The molecule has 1 aliphatic carbocycles. The maximum absolute atomic E-state index is 10.3. The number of nitrogens with zero attached hydrogens (tertiary/aromatic N) is 1. The Morgan fingerprint density at radius 3 is 2.94 bits per heavy atom. The minimum absolute atomic E-state index is 0.206. The van der Waals surface area contributed by atoms with E-state index in [0.29, 0.717) is 5.92 Å². The van der Waals surface area contributed by atoms with E-state index < -0.39 is 0 Å². The Balaban J connectivity index is 1.91. The van der Waals surface area contributed by atoms with Crippen LogP contribution in [0.3, 0.4) is 0 Å². The molecule has 0 bridgehead atoms. The fourth-order valence-electron chi connectivity index (χ4n) is 2.81. The summed E-state index contributed by atoms with van der Waals surface area (Å²) in [4.78, 5) is 4.14. The molecular formula is C14H20BrNO. The van der Waals surface area contributed by atoms with E-state index in [2.05, 4.69) is 27.8 Å². The lowest BCUT2D eigenvalue weighted by Crippen LogP contribution is -2.20. The molecule has 3 heteroatoms. The maximum Gasteiger partial charge on any atom is 0.0609 e. The van der Waals surface area contributed by atoms with Crippen molar-refractivity contribution in [1.82, 2.24) is 4.98 Å². The predicted octanol–water partition coefficient (Wildman–Crippen LogP) is 3.57. The fourth-order valence-corrected chi connectivity index (χ4v) is 3.22. The molecule has 1 saturated carbocycles. The second-order valence-corrected chi connectivity index (χ2v) is 6.05. The summed E-state index contributed by atoms with van der Waals surface area (Å²) in [5, 5.41) is 10.3. The zero-order chi connectivity index (χ0) is 12.3. The van der Waals surface area contributed by atoms with Gasteiger partial charge in [0.25, 0.3) is 0 Å². The van der Waals surface area contributed by atoms with Gasteiger partial charge in [0.05, 0.1) is 6.10 Å². The third-order valence-electron chi connectivity index (χ3n) is 3.91. The van der Waals surface area contributed by atoms with E-state index >= 15 is 0 Å². The van der Waals surface area contributed by atoms with Gasteiger partial charge in [-0.2, -0.15) is 0 Å². The summed E-state index contributed by atoms with van der Waals surface area (Å²) < 4.78 is 0.986. The van der Waals surface area contributed by atoms with E-state index in [1.165, 1.54) is 25.7 Å². The molecule has 0 aliphatic heterocycles. The Labute approximate surface area is 112 Å². The highest BCUT2D eigenvalue weighted by atomic mass is 79.9. The minimum Gasteiger partial charge on any atom is -0.392 e. The lowest BCUT2D eigenvalue weighted by atomic mass is 9.94. The van der Waals surface area contributed by atoms with E-state index in [-0.39, 0.29) is 6.10 Å². The standard InChI is InChI=1S/C14H20BrNO/c1-2-10-3-4-12(5-10)14(17)7-11-6-13(15)9-16-8-11/h6,8-10,12,14,17H,2-5,7H2,1H3. The second kappa shape index (κ2) is 5.96. The zero-order valence-corrected chi connectivity index (χ0v) is 11.9. The quantitative estimate of drug-likeness (QED) is 0.921. The van der Waals surface area contributed by atoms with Crippen molar-refractivity contribution in [2.45, 2.75) is 45.1 Å². The van der Waals surface area contributed by atoms with E-state index in [9.17, 15) is 5.11 Å². The first-order valence-electron chi connectivity index (χ1n) is 6.46. The van der Waals surface area contributed by atoms with Crippen LogP contribution in [-0.4, -0.2) is 16.2 Å². The maximum atomic E-state index is 10.3. The molecule has 0 aromatic carbocycles. The largest absolute Gasteiger partial charge is 0.392 e. The van der Waals surface area contributed by atoms with Crippen LogP contribution in [0.1, 0.15) is 38.2 Å². The molecule has 1 aliphatic rings. The molecule has 0 amide bonds. The molecular weight excluding hydrogens is 278 g/mol. The van der Waals surface area contributed by atoms with E-state index in [4.69, 9.17) is 0 Å². The molecule has 0 saturated heterocycles. The van der Waals surface area contributed by atoms with Gasteiger partial charge in [0.15, 0.2) is 0 Å². The third-order valence-corrected chi connectivity index (χ3v) is 4.34. The van der Waals surface area contributed by atoms with Gasteiger partial charge in [-0.25, -0.2) is 0 Å². The first kappa shape index (κ1) is 13.0. The summed E-state index contributed by atoms with van der Waals surface area (Å²) in [5.41, 5.74) is 1.12. The number of halogens is 1. The molecule has 3 unspecified atom stereocenters. The average Bonchev–Trinajstić information content (AvgIpc) is 2.77. The van der Waals surface area contributed by atoms with Crippen molar-refractivity contribution in [3.8, 4) is 0 Å². The van der Waals surface area contributed by atoms with Crippen molar-refractivity contribution in [3.63, 3.8) is 0 Å². The van der Waals surface area contributed by atoms with Crippen molar-refractivity contribution >= 4 is 15.9 Å². The third kappa shape index (κ3) is 3.52. The first-order valence-corrected chi connectivity index (χ1v) is 7.25. The van der Waals surface area contributed by atoms with Crippen LogP contribution in [0, 0.1) is 11.8 Å². The van der Waals surface area contributed by atoms with Crippen LogP contribution in [0.5, 0.6) is 0 Å². The average molecular weight is 298 g/mol. The number of hydrogen-bond donors (Lipinski definition) is 1. The minimum atomic E-state index is -0.206. The lowest BCUT2D eigenvalue weighted by molar-refractivity contribution is 0.108. The zero-order valence-electron chi connectivity index (χ0n) is 10.3. The van der Waals surface area contributed by atoms with Crippen molar-refractivity contribution < 1.29 is 5.11 Å². The summed E-state index contributed by atoms with van der Waals surface area (Å²) in [5.74, 6) is 1.31. The van der Waals surface area contributed by atoms with Crippen LogP contribution >= 0.6 is 15.9 Å². The number of rotatable bonds is 4. The Bertz CT molecular complexity index is 369. The van der Waals surface area contributed by atoms with Crippen molar-refractivity contribution in [2.24, 2.45) is 11.8 Å². The van der Waals surface area contributed by atoms with Gasteiger partial charge in [-0.15, -0.1) is 0 Å². The van der Waals surface area contributed by atoms with Gasteiger partial charge in [0.1, 0.15) is 0 Å². The molecule has 17 heavy (non-hydrogen) atoms. The van der Waals surface area contributed by atoms with Gasteiger partial charge in [-0.05, 0) is 52.2 Å². The molecule has 1 aromatic heterocycles. The number of aliphatic hydroxyl groups excluding tert-OH is 1. The SMILES string of the molecule is CCC1CCC(C(O)Cc2cncc(Br)c2)C1. The van der Waals surface area contributed by atoms with Crippen molar-refractivity contribution in [2.75, 3.05) is 0 Å². The second-order valence-electron chi connectivity index (χ2n) is 5.13. The van der Waals surface area contributed by atoms with Crippen molar-refractivity contribution in [3.05, 3.63) is 28.5 Å². The first-order chi connectivity index (χ1) is 8.19. The van der Waals surface area contributed by atoms with E-state index in [0.717, 1.165) is 22.4 Å². The molecule has 1 heterocycles. The number of hydrogen-bond acceptors (Lipinski definition) is 2. The molecule has 94 valence electrons. The van der Waals surface area contributed by atoms with Crippen LogP contribution in [0.25, 0.3) is 0 Å². The van der Waals surface area contributed by atoms with E-state index in [1.54, 1.807) is 6.20 Å².